The van der Waals surface area contributed by atoms with E-state index in [2.05, 4.69) is 16.0 Å². The van der Waals surface area contributed by atoms with Gasteiger partial charge >= 0.3 is 0 Å². The number of benzene rings is 2. The van der Waals surface area contributed by atoms with Gasteiger partial charge in [-0.3, -0.25) is 14.9 Å². The summed E-state index contributed by atoms with van der Waals surface area (Å²) in [5.74, 6) is -4.16. The molecule has 0 saturated heterocycles. The van der Waals surface area contributed by atoms with Gasteiger partial charge in [0.2, 0.25) is 11.8 Å². The molecule has 2 saturated carbocycles. The van der Waals surface area contributed by atoms with Gasteiger partial charge in [-0.1, -0.05) is 36.4 Å². The lowest BCUT2D eigenvalue weighted by Gasteiger charge is -2.40. The molecule has 2 amide bonds. The van der Waals surface area contributed by atoms with Crippen molar-refractivity contribution in [3.63, 3.8) is 0 Å². The zero-order valence-corrected chi connectivity index (χ0v) is 21.2. The van der Waals surface area contributed by atoms with Crippen LogP contribution in [0.4, 0.5) is 17.6 Å². The number of nitrogens with one attached hydrogen (secondary N) is 3. The van der Waals surface area contributed by atoms with Crippen LogP contribution in [0.3, 0.4) is 0 Å². The summed E-state index contributed by atoms with van der Waals surface area (Å²) >= 11 is 0. The summed E-state index contributed by atoms with van der Waals surface area (Å²) in [5, 5.41) is 18.8. The third kappa shape index (κ3) is 5.51. The molecule has 5 rings (SSSR count). The average molecular weight is 548 g/mol. The van der Waals surface area contributed by atoms with Crippen molar-refractivity contribution in [1.82, 2.24) is 16.0 Å². The maximum Gasteiger partial charge on any atom is 0.287 e. The predicted molar refractivity (Wildman–Crippen MR) is 135 cm³/mol. The van der Waals surface area contributed by atoms with E-state index in [4.69, 9.17) is 4.42 Å². The molecule has 1 aromatic heterocycles. The first kappa shape index (κ1) is 27.1. The molecule has 4 N–H and O–H groups in total. The Bertz CT molecular complexity index is 1380. The van der Waals surface area contributed by atoms with Crippen LogP contribution in [0.1, 0.15) is 60.7 Å². The van der Waals surface area contributed by atoms with E-state index in [1.165, 1.54) is 18.2 Å². The Morgan fingerprint density at radius 3 is 2.13 bits per heavy atom. The van der Waals surface area contributed by atoms with Crippen molar-refractivity contribution < 1.29 is 36.7 Å². The zero-order valence-electron chi connectivity index (χ0n) is 21.2. The number of amides is 2. The Kier molecular flexibility index (Phi) is 6.92. The van der Waals surface area contributed by atoms with Gasteiger partial charge in [-0.25, -0.2) is 17.6 Å². The van der Waals surface area contributed by atoms with Crippen LogP contribution in [0, 0.1) is 0 Å². The van der Waals surface area contributed by atoms with Gasteiger partial charge in [0.15, 0.2) is 5.76 Å². The molecular formula is C28H29F4N3O4. The third-order valence-corrected chi connectivity index (χ3v) is 7.77. The number of carbonyl (C=O) groups excluding carboxylic acids is 2. The van der Waals surface area contributed by atoms with Gasteiger partial charge in [0.05, 0.1) is 5.66 Å². The van der Waals surface area contributed by atoms with E-state index in [1.807, 2.05) is 0 Å². The van der Waals surface area contributed by atoms with E-state index in [1.54, 1.807) is 37.4 Å². The standard InChI is InChI=1S/C28H29F4N3O4/c1-33-28(12-13-28)35-25(38)26(8-10-27(31,32)11-9-26)34-24(37)21-15-19-7-6-18(14-20(19)39-21)16-2-4-17(5-3-16)22(36)23(29)30/h2-7,14-15,22-23,33,36H,8-13H2,1H3,(H,34,37)(H,35,38). The number of hydrogen-bond acceptors (Lipinski definition) is 5. The number of furan rings is 1. The first-order valence-corrected chi connectivity index (χ1v) is 12.8. The number of carbonyl (C=O) groups is 2. The molecule has 1 atom stereocenters. The highest BCUT2D eigenvalue weighted by molar-refractivity contribution is 6.00. The summed E-state index contributed by atoms with van der Waals surface area (Å²) in [6, 6.07) is 12.7. The van der Waals surface area contributed by atoms with Crippen LogP contribution in [-0.2, 0) is 4.79 Å². The molecule has 2 aromatic carbocycles. The van der Waals surface area contributed by atoms with E-state index < -0.39 is 54.3 Å². The van der Waals surface area contributed by atoms with Crippen LogP contribution in [0.15, 0.2) is 52.9 Å². The second kappa shape index (κ2) is 9.95. The van der Waals surface area contributed by atoms with Gasteiger partial charge in [-0.2, -0.15) is 0 Å². The van der Waals surface area contributed by atoms with Crippen LogP contribution < -0.4 is 16.0 Å². The fraction of sp³-hybridized carbons (Fsp3) is 0.429. The Labute approximate surface area is 221 Å². The maximum atomic E-state index is 14.0. The third-order valence-electron chi connectivity index (χ3n) is 7.77. The Balaban J connectivity index is 1.36. The average Bonchev–Trinajstić information content (AvgIpc) is 3.56. The van der Waals surface area contributed by atoms with Crippen molar-refractivity contribution in [2.24, 2.45) is 0 Å². The fourth-order valence-electron chi connectivity index (χ4n) is 4.97. The topological polar surface area (TPSA) is 104 Å². The van der Waals surface area contributed by atoms with E-state index >= 15 is 0 Å². The van der Waals surface area contributed by atoms with Crippen LogP contribution in [0.5, 0.6) is 0 Å². The molecular weight excluding hydrogens is 518 g/mol. The van der Waals surface area contributed by atoms with Gasteiger partial charge in [0.1, 0.15) is 17.2 Å². The lowest BCUT2D eigenvalue weighted by molar-refractivity contribution is -0.134. The van der Waals surface area contributed by atoms with Gasteiger partial charge in [0, 0.05) is 18.2 Å². The molecule has 11 heteroatoms. The minimum atomic E-state index is -2.90. The molecule has 0 spiro atoms. The van der Waals surface area contributed by atoms with Crippen molar-refractivity contribution in [2.45, 2.75) is 68.2 Å². The highest BCUT2D eigenvalue weighted by Crippen LogP contribution is 2.40. The smallest absolute Gasteiger partial charge is 0.287 e. The number of rotatable bonds is 8. The maximum absolute atomic E-state index is 14.0. The largest absolute Gasteiger partial charge is 0.451 e. The fourth-order valence-corrected chi connectivity index (χ4v) is 4.97. The summed E-state index contributed by atoms with van der Waals surface area (Å²) in [7, 11) is 1.71. The summed E-state index contributed by atoms with van der Waals surface area (Å²) in [4.78, 5) is 26.5. The Hall–Kier alpha value is -3.44. The Morgan fingerprint density at radius 1 is 0.897 bits per heavy atom. The highest BCUT2D eigenvalue weighted by atomic mass is 19.3. The number of hydrogen-bond donors (Lipinski definition) is 4. The number of halogens is 4. The van der Waals surface area contributed by atoms with Gasteiger partial charge in [0.25, 0.3) is 12.3 Å². The van der Waals surface area contributed by atoms with Crippen LogP contribution in [0.25, 0.3) is 22.1 Å². The molecule has 1 heterocycles. The SMILES string of the molecule is CNC1(NC(=O)C2(NC(=O)c3cc4ccc(-c5ccc(C(O)C(F)F)cc5)cc4o3)CCC(F)(F)CC2)CC1. The van der Waals surface area contributed by atoms with E-state index in [0.717, 1.165) is 0 Å². The number of fused-ring (bicyclic) bond motifs is 1. The van der Waals surface area contributed by atoms with E-state index in [-0.39, 0.29) is 24.2 Å². The molecule has 0 bridgehead atoms. The van der Waals surface area contributed by atoms with Gasteiger partial charge in [-0.15, -0.1) is 0 Å². The second-order valence-electron chi connectivity index (χ2n) is 10.4. The van der Waals surface area contributed by atoms with Gasteiger partial charge in [-0.05, 0) is 61.6 Å². The highest BCUT2D eigenvalue weighted by Gasteiger charge is 2.52. The summed E-state index contributed by atoms with van der Waals surface area (Å²) in [6.45, 7) is 0. The van der Waals surface area contributed by atoms with Crippen molar-refractivity contribution in [3.8, 4) is 11.1 Å². The quantitative estimate of drug-likeness (QED) is 0.237. The number of aliphatic hydroxyl groups is 1. The molecule has 7 nitrogen and oxygen atoms in total. The number of aliphatic hydroxyl groups excluding tert-OH is 1. The number of alkyl halides is 4. The Morgan fingerprint density at radius 2 is 1.54 bits per heavy atom. The molecule has 2 aliphatic carbocycles. The van der Waals surface area contributed by atoms with E-state index in [9.17, 15) is 32.3 Å². The molecule has 0 radical (unpaired) electrons. The minimum Gasteiger partial charge on any atom is -0.451 e. The van der Waals surface area contributed by atoms with Crippen LogP contribution >= 0.6 is 0 Å². The van der Waals surface area contributed by atoms with E-state index in [0.29, 0.717) is 34.9 Å². The first-order chi connectivity index (χ1) is 18.4. The summed E-state index contributed by atoms with van der Waals surface area (Å²) in [6.07, 6.45) is -4.83. The summed E-state index contributed by atoms with van der Waals surface area (Å²) < 4.78 is 59.3. The predicted octanol–water partition coefficient (Wildman–Crippen LogP) is 4.90. The lowest BCUT2D eigenvalue weighted by Crippen LogP contribution is -2.64. The lowest BCUT2D eigenvalue weighted by atomic mass is 9.78. The first-order valence-electron chi connectivity index (χ1n) is 12.8. The summed E-state index contributed by atoms with van der Waals surface area (Å²) in [5.41, 5.74) is -0.251. The monoisotopic (exact) mass is 547 g/mol. The molecule has 39 heavy (non-hydrogen) atoms. The molecule has 2 aliphatic rings. The van der Waals surface area contributed by atoms with Crippen LogP contribution in [-0.4, -0.2) is 47.5 Å². The molecule has 208 valence electrons. The van der Waals surface area contributed by atoms with Crippen molar-refractivity contribution in [3.05, 3.63) is 59.9 Å². The molecule has 3 aromatic rings. The van der Waals surface area contributed by atoms with Crippen LogP contribution in [0.2, 0.25) is 0 Å². The molecule has 1 unspecified atom stereocenters. The minimum absolute atomic E-state index is 0.0724. The molecule has 2 fully saturated rings. The van der Waals surface area contributed by atoms with Crippen molar-refractivity contribution in [2.75, 3.05) is 7.05 Å². The van der Waals surface area contributed by atoms with Crippen molar-refractivity contribution in [1.29, 1.82) is 0 Å². The van der Waals surface area contributed by atoms with Crippen molar-refractivity contribution >= 4 is 22.8 Å². The normalized spacial score (nSPS) is 20.0. The molecule has 0 aliphatic heterocycles. The second-order valence-corrected chi connectivity index (χ2v) is 10.4. The van der Waals surface area contributed by atoms with Gasteiger partial charge < -0.3 is 20.2 Å². The zero-order chi connectivity index (χ0) is 28.0.